The van der Waals surface area contributed by atoms with Crippen LogP contribution in [0.25, 0.3) is 0 Å². The molecule has 1 aromatic heterocycles. The van der Waals surface area contributed by atoms with E-state index in [1.54, 1.807) is 17.8 Å². The van der Waals surface area contributed by atoms with Gasteiger partial charge in [0.1, 0.15) is 0 Å². The number of nitrogens with zero attached hydrogens (tertiary/aromatic N) is 2. The van der Waals surface area contributed by atoms with Gasteiger partial charge in [-0.25, -0.2) is 0 Å². The molecule has 4 nitrogen and oxygen atoms in total. The molecule has 2 rings (SSSR count). The van der Waals surface area contributed by atoms with Crippen molar-refractivity contribution in [2.75, 3.05) is 19.0 Å². The zero-order chi connectivity index (χ0) is 13.0. The van der Waals surface area contributed by atoms with Gasteiger partial charge in [0.25, 0.3) is 0 Å². The highest BCUT2D eigenvalue weighted by Gasteiger charge is 2.06. The molecule has 0 fully saturated rings. The summed E-state index contributed by atoms with van der Waals surface area (Å²) in [5, 5.41) is 3.67. The lowest BCUT2D eigenvalue weighted by molar-refractivity contribution is 0.267. The minimum absolute atomic E-state index is 0.433. The lowest BCUT2D eigenvalue weighted by atomic mass is 10.2. The SMILES string of the molecule is CSc1ccc(CN(C)Cc2cc(N)no2)cc1. The first kappa shape index (κ1) is 13.0. The van der Waals surface area contributed by atoms with Crippen LogP contribution in [0, 0.1) is 0 Å². The van der Waals surface area contributed by atoms with Crippen molar-refractivity contribution in [2.45, 2.75) is 18.0 Å². The summed E-state index contributed by atoms with van der Waals surface area (Å²) in [6.45, 7) is 1.57. The fraction of sp³-hybridized carbons (Fsp3) is 0.308. The van der Waals surface area contributed by atoms with Gasteiger partial charge in [0, 0.05) is 17.5 Å². The lowest BCUT2D eigenvalue weighted by Crippen LogP contribution is -2.16. The van der Waals surface area contributed by atoms with Crippen LogP contribution >= 0.6 is 11.8 Å². The van der Waals surface area contributed by atoms with Crippen LogP contribution in [0.2, 0.25) is 0 Å². The Morgan fingerprint density at radius 3 is 2.56 bits per heavy atom. The Balaban J connectivity index is 1.91. The van der Waals surface area contributed by atoms with Gasteiger partial charge >= 0.3 is 0 Å². The predicted molar refractivity (Wildman–Crippen MR) is 74.3 cm³/mol. The molecule has 0 aliphatic heterocycles. The van der Waals surface area contributed by atoms with E-state index in [0.717, 1.165) is 12.3 Å². The minimum atomic E-state index is 0.433. The lowest BCUT2D eigenvalue weighted by Gasteiger charge is -2.14. The number of benzene rings is 1. The van der Waals surface area contributed by atoms with Gasteiger partial charge in [-0.15, -0.1) is 11.8 Å². The molecule has 0 atom stereocenters. The van der Waals surface area contributed by atoms with E-state index in [4.69, 9.17) is 10.3 Å². The van der Waals surface area contributed by atoms with Crippen LogP contribution in [0.4, 0.5) is 5.82 Å². The second kappa shape index (κ2) is 5.93. The average molecular weight is 263 g/mol. The molecule has 0 spiro atoms. The fourth-order valence-corrected chi connectivity index (χ4v) is 2.18. The van der Waals surface area contributed by atoms with Gasteiger partial charge in [-0.1, -0.05) is 17.3 Å². The van der Waals surface area contributed by atoms with Crippen molar-refractivity contribution in [3.05, 3.63) is 41.7 Å². The van der Waals surface area contributed by atoms with Crippen LogP contribution in [0.5, 0.6) is 0 Å². The molecule has 2 aromatic rings. The maximum atomic E-state index is 5.51. The van der Waals surface area contributed by atoms with Gasteiger partial charge in [0.2, 0.25) is 0 Å². The van der Waals surface area contributed by atoms with E-state index in [9.17, 15) is 0 Å². The van der Waals surface area contributed by atoms with Gasteiger partial charge in [-0.2, -0.15) is 0 Å². The Kier molecular flexibility index (Phi) is 4.28. The number of hydrogen-bond donors (Lipinski definition) is 1. The molecule has 0 saturated carbocycles. The van der Waals surface area contributed by atoms with Gasteiger partial charge in [-0.3, -0.25) is 4.90 Å². The number of nitrogen functional groups attached to an aromatic ring is 1. The third-order valence-corrected chi connectivity index (χ3v) is 3.36. The largest absolute Gasteiger partial charge is 0.381 e. The zero-order valence-corrected chi connectivity index (χ0v) is 11.4. The fourth-order valence-electron chi connectivity index (χ4n) is 1.77. The molecule has 0 radical (unpaired) electrons. The highest BCUT2D eigenvalue weighted by molar-refractivity contribution is 7.98. The normalized spacial score (nSPS) is 11.1. The smallest absolute Gasteiger partial charge is 0.167 e. The van der Waals surface area contributed by atoms with Gasteiger partial charge < -0.3 is 10.3 Å². The van der Waals surface area contributed by atoms with Crippen LogP contribution < -0.4 is 5.73 Å². The number of anilines is 1. The van der Waals surface area contributed by atoms with Crippen LogP contribution in [0.1, 0.15) is 11.3 Å². The molecule has 5 heteroatoms. The first-order valence-corrected chi connectivity index (χ1v) is 6.92. The monoisotopic (exact) mass is 263 g/mol. The predicted octanol–water partition coefficient (Wildman–Crippen LogP) is 2.61. The summed E-state index contributed by atoms with van der Waals surface area (Å²) in [5.74, 6) is 1.22. The summed E-state index contributed by atoms with van der Waals surface area (Å²) in [4.78, 5) is 3.44. The van der Waals surface area contributed by atoms with Crippen LogP contribution in [-0.2, 0) is 13.1 Å². The van der Waals surface area contributed by atoms with Crippen molar-refractivity contribution in [2.24, 2.45) is 0 Å². The summed E-state index contributed by atoms with van der Waals surface area (Å²) in [5.41, 5.74) is 6.79. The molecular formula is C13H17N3OS. The third kappa shape index (κ3) is 3.51. The Bertz CT molecular complexity index is 495. The molecule has 0 amide bonds. The maximum Gasteiger partial charge on any atom is 0.167 e. The number of thioether (sulfide) groups is 1. The van der Waals surface area contributed by atoms with Crippen LogP contribution in [-0.4, -0.2) is 23.4 Å². The molecular weight excluding hydrogens is 246 g/mol. The maximum absolute atomic E-state index is 5.51. The van der Waals surface area contributed by atoms with Gasteiger partial charge in [-0.05, 0) is 31.0 Å². The van der Waals surface area contributed by atoms with E-state index in [0.29, 0.717) is 12.4 Å². The summed E-state index contributed by atoms with van der Waals surface area (Å²) in [7, 11) is 2.04. The average Bonchev–Trinajstić information content (AvgIpc) is 2.75. The Labute approximate surface area is 111 Å². The third-order valence-electron chi connectivity index (χ3n) is 2.61. The van der Waals surface area contributed by atoms with Crippen molar-refractivity contribution in [1.82, 2.24) is 10.1 Å². The zero-order valence-electron chi connectivity index (χ0n) is 10.6. The Morgan fingerprint density at radius 2 is 2.00 bits per heavy atom. The molecule has 0 bridgehead atoms. The number of hydrogen-bond acceptors (Lipinski definition) is 5. The second-order valence-corrected chi connectivity index (χ2v) is 5.12. The molecule has 0 aliphatic rings. The van der Waals surface area contributed by atoms with Crippen LogP contribution in [0.3, 0.4) is 0 Å². The number of aromatic nitrogens is 1. The van der Waals surface area contributed by atoms with E-state index >= 15 is 0 Å². The molecule has 0 aliphatic carbocycles. The van der Waals surface area contributed by atoms with E-state index < -0.39 is 0 Å². The van der Waals surface area contributed by atoms with E-state index in [1.807, 2.05) is 7.05 Å². The first-order chi connectivity index (χ1) is 8.67. The van der Waals surface area contributed by atoms with E-state index in [2.05, 4.69) is 40.6 Å². The molecule has 1 heterocycles. The van der Waals surface area contributed by atoms with Crippen LogP contribution in [0.15, 0.2) is 39.8 Å². The van der Waals surface area contributed by atoms with Crippen molar-refractivity contribution < 1.29 is 4.52 Å². The van der Waals surface area contributed by atoms with Gasteiger partial charge in [0.05, 0.1) is 6.54 Å². The summed E-state index contributed by atoms with van der Waals surface area (Å²) in [6, 6.07) is 10.3. The van der Waals surface area contributed by atoms with E-state index in [-0.39, 0.29) is 0 Å². The number of nitrogens with two attached hydrogens (primary N) is 1. The second-order valence-electron chi connectivity index (χ2n) is 4.24. The Morgan fingerprint density at radius 1 is 1.28 bits per heavy atom. The highest BCUT2D eigenvalue weighted by atomic mass is 32.2. The molecule has 1 aromatic carbocycles. The number of rotatable bonds is 5. The topological polar surface area (TPSA) is 55.3 Å². The molecule has 18 heavy (non-hydrogen) atoms. The van der Waals surface area contributed by atoms with Crippen molar-refractivity contribution >= 4 is 17.6 Å². The molecule has 2 N–H and O–H groups in total. The first-order valence-electron chi connectivity index (χ1n) is 5.70. The summed E-state index contributed by atoms with van der Waals surface area (Å²) < 4.78 is 5.09. The standard InChI is InChI=1S/C13H17N3OS/c1-16(9-11-7-13(14)15-17-11)8-10-3-5-12(18-2)6-4-10/h3-7H,8-9H2,1-2H3,(H2,14,15). The summed E-state index contributed by atoms with van der Waals surface area (Å²) in [6.07, 6.45) is 2.08. The molecule has 0 saturated heterocycles. The molecule has 0 unspecified atom stereocenters. The highest BCUT2D eigenvalue weighted by Crippen LogP contribution is 2.16. The van der Waals surface area contributed by atoms with Crippen molar-refractivity contribution in [3.63, 3.8) is 0 Å². The minimum Gasteiger partial charge on any atom is -0.381 e. The molecule has 96 valence electrons. The van der Waals surface area contributed by atoms with Crippen molar-refractivity contribution in [1.29, 1.82) is 0 Å². The van der Waals surface area contributed by atoms with E-state index in [1.165, 1.54) is 10.5 Å². The Hall–Kier alpha value is -1.46. The van der Waals surface area contributed by atoms with Gasteiger partial charge in [0.15, 0.2) is 11.6 Å². The van der Waals surface area contributed by atoms with Crippen molar-refractivity contribution in [3.8, 4) is 0 Å². The quantitative estimate of drug-likeness (QED) is 0.840. The summed E-state index contributed by atoms with van der Waals surface area (Å²) >= 11 is 1.75.